The summed E-state index contributed by atoms with van der Waals surface area (Å²) in [6.45, 7) is 0. The molecule has 0 aliphatic heterocycles. The molecule has 0 saturated carbocycles. The summed E-state index contributed by atoms with van der Waals surface area (Å²) in [5.74, 6) is 5.74. The van der Waals surface area contributed by atoms with Crippen molar-refractivity contribution >= 4 is 11.6 Å². The van der Waals surface area contributed by atoms with Crippen molar-refractivity contribution < 1.29 is 9.13 Å². The van der Waals surface area contributed by atoms with Gasteiger partial charge in [-0.3, -0.25) is 10.8 Å². The van der Waals surface area contributed by atoms with Crippen LogP contribution in [0.25, 0.3) is 0 Å². The van der Waals surface area contributed by atoms with Crippen molar-refractivity contribution in [2.24, 2.45) is 5.84 Å². The maximum atomic E-state index is 13.1. The summed E-state index contributed by atoms with van der Waals surface area (Å²) in [6, 6.07) is 7.16. The molecule has 0 bridgehead atoms. The molecule has 2 aromatic rings. The molecule has 1 aromatic heterocycles. The van der Waals surface area contributed by atoms with Crippen molar-refractivity contribution in [3.05, 3.63) is 58.6 Å². The van der Waals surface area contributed by atoms with Crippen LogP contribution in [0.15, 0.2) is 36.5 Å². The molecule has 2 rings (SSSR count). The third-order valence-corrected chi connectivity index (χ3v) is 3.06. The quantitative estimate of drug-likeness (QED) is 0.667. The number of hydrazine groups is 1. The van der Waals surface area contributed by atoms with E-state index in [4.69, 9.17) is 22.2 Å². The van der Waals surface area contributed by atoms with Crippen LogP contribution in [0.3, 0.4) is 0 Å². The third-order valence-electron chi connectivity index (χ3n) is 2.73. The van der Waals surface area contributed by atoms with Crippen molar-refractivity contribution in [2.45, 2.75) is 6.04 Å². The van der Waals surface area contributed by atoms with Crippen molar-refractivity contribution in [2.75, 3.05) is 7.11 Å². The van der Waals surface area contributed by atoms with Crippen molar-refractivity contribution in [3.8, 4) is 5.75 Å². The van der Waals surface area contributed by atoms with Crippen LogP contribution in [0.2, 0.25) is 5.02 Å². The normalized spacial score (nSPS) is 12.2. The SMILES string of the molecule is COc1cccnc1C(NN)c1ccc(F)cc1Cl. The van der Waals surface area contributed by atoms with E-state index in [1.807, 2.05) is 0 Å². The summed E-state index contributed by atoms with van der Waals surface area (Å²) in [6.07, 6.45) is 1.62. The lowest BCUT2D eigenvalue weighted by molar-refractivity contribution is 0.400. The number of ether oxygens (including phenoxy) is 1. The monoisotopic (exact) mass is 281 g/mol. The van der Waals surface area contributed by atoms with Crippen molar-refractivity contribution in [1.82, 2.24) is 10.4 Å². The number of hydrogen-bond acceptors (Lipinski definition) is 4. The second kappa shape index (κ2) is 5.97. The minimum atomic E-state index is -0.482. The molecule has 0 fully saturated rings. The predicted octanol–water partition coefficient (Wildman–Crippen LogP) is 2.44. The highest BCUT2D eigenvalue weighted by atomic mass is 35.5. The number of nitrogens with one attached hydrogen (secondary N) is 1. The average molecular weight is 282 g/mol. The van der Waals surface area contributed by atoms with Gasteiger partial charge >= 0.3 is 0 Å². The van der Waals surface area contributed by atoms with E-state index in [1.165, 1.54) is 12.1 Å². The largest absolute Gasteiger partial charge is 0.495 e. The molecule has 0 aliphatic carbocycles. The molecular weight excluding hydrogens is 269 g/mol. The van der Waals surface area contributed by atoms with Crippen molar-refractivity contribution in [1.29, 1.82) is 0 Å². The lowest BCUT2D eigenvalue weighted by atomic mass is 10.0. The molecule has 0 radical (unpaired) electrons. The summed E-state index contributed by atoms with van der Waals surface area (Å²) in [7, 11) is 1.54. The minimum absolute atomic E-state index is 0.274. The molecule has 19 heavy (non-hydrogen) atoms. The molecular formula is C13H13ClFN3O. The number of nitrogens with two attached hydrogens (primary N) is 1. The van der Waals surface area contributed by atoms with Gasteiger partial charge in [-0.2, -0.15) is 0 Å². The fourth-order valence-corrected chi connectivity index (χ4v) is 2.12. The van der Waals surface area contributed by atoms with Crippen LogP contribution in [-0.2, 0) is 0 Å². The maximum Gasteiger partial charge on any atom is 0.142 e. The maximum absolute atomic E-state index is 13.1. The van der Waals surface area contributed by atoms with E-state index in [9.17, 15) is 4.39 Å². The molecule has 1 atom stereocenters. The van der Waals surface area contributed by atoms with Crippen LogP contribution in [0.1, 0.15) is 17.3 Å². The lowest BCUT2D eigenvalue weighted by Gasteiger charge is -2.19. The second-order valence-corrected chi connectivity index (χ2v) is 4.26. The van der Waals surface area contributed by atoms with Crippen molar-refractivity contribution in [3.63, 3.8) is 0 Å². The van der Waals surface area contributed by atoms with Crippen LogP contribution >= 0.6 is 11.6 Å². The Labute approximate surface area is 115 Å². The Morgan fingerprint density at radius 1 is 1.42 bits per heavy atom. The summed E-state index contributed by atoms with van der Waals surface area (Å²) in [5.41, 5.74) is 3.83. The van der Waals surface area contributed by atoms with E-state index in [0.29, 0.717) is 17.0 Å². The zero-order valence-electron chi connectivity index (χ0n) is 10.2. The topological polar surface area (TPSA) is 60.2 Å². The molecule has 6 heteroatoms. The molecule has 1 aromatic carbocycles. The Kier molecular flexibility index (Phi) is 4.31. The summed E-state index contributed by atoms with van der Waals surface area (Å²) in [5, 5.41) is 0.274. The molecule has 0 saturated heterocycles. The highest BCUT2D eigenvalue weighted by Gasteiger charge is 2.20. The number of methoxy groups -OCH3 is 1. The first-order valence-electron chi connectivity index (χ1n) is 5.57. The summed E-state index contributed by atoms with van der Waals surface area (Å²) in [4.78, 5) is 4.24. The highest BCUT2D eigenvalue weighted by molar-refractivity contribution is 6.31. The fourth-order valence-electron chi connectivity index (χ4n) is 1.84. The fraction of sp³-hybridized carbons (Fsp3) is 0.154. The first-order valence-corrected chi connectivity index (χ1v) is 5.95. The number of benzene rings is 1. The molecule has 3 N–H and O–H groups in total. The molecule has 1 unspecified atom stereocenters. The molecule has 100 valence electrons. The van der Waals surface area contributed by atoms with Crippen LogP contribution < -0.4 is 16.0 Å². The Hall–Kier alpha value is -1.69. The zero-order chi connectivity index (χ0) is 13.8. The van der Waals surface area contributed by atoms with Gasteiger partial charge in [0.25, 0.3) is 0 Å². The number of hydrogen-bond donors (Lipinski definition) is 2. The van der Waals surface area contributed by atoms with E-state index in [-0.39, 0.29) is 5.02 Å². The molecule has 0 spiro atoms. The Morgan fingerprint density at radius 2 is 2.21 bits per heavy atom. The van der Waals surface area contributed by atoms with Gasteiger partial charge in [0.15, 0.2) is 0 Å². The number of halogens is 2. The van der Waals surface area contributed by atoms with E-state index >= 15 is 0 Å². The Balaban J connectivity index is 2.50. The van der Waals surface area contributed by atoms with E-state index in [1.54, 1.807) is 31.5 Å². The van der Waals surface area contributed by atoms with Gasteiger partial charge < -0.3 is 4.74 Å². The van der Waals surface area contributed by atoms with Crippen LogP contribution in [0.4, 0.5) is 4.39 Å². The first kappa shape index (κ1) is 13.7. The lowest BCUT2D eigenvalue weighted by Crippen LogP contribution is -2.30. The standard InChI is InChI=1S/C13H13ClFN3O/c1-19-11-3-2-6-17-13(11)12(18-16)9-5-4-8(15)7-10(9)14/h2-7,12,18H,16H2,1H3. The van der Waals surface area contributed by atoms with Crippen LogP contribution in [0.5, 0.6) is 5.75 Å². The van der Waals surface area contributed by atoms with Crippen LogP contribution in [-0.4, -0.2) is 12.1 Å². The molecule has 4 nitrogen and oxygen atoms in total. The van der Waals surface area contributed by atoms with Gasteiger partial charge in [-0.15, -0.1) is 0 Å². The number of nitrogens with zero attached hydrogens (tertiary/aromatic N) is 1. The zero-order valence-corrected chi connectivity index (χ0v) is 11.0. The number of rotatable bonds is 4. The minimum Gasteiger partial charge on any atom is -0.495 e. The van der Waals surface area contributed by atoms with Gasteiger partial charge in [-0.1, -0.05) is 17.7 Å². The first-order chi connectivity index (χ1) is 9.17. The Morgan fingerprint density at radius 3 is 2.84 bits per heavy atom. The average Bonchev–Trinajstić information content (AvgIpc) is 2.42. The number of aromatic nitrogens is 1. The number of pyridine rings is 1. The molecule has 0 amide bonds. The summed E-state index contributed by atoms with van der Waals surface area (Å²) < 4.78 is 18.3. The molecule has 0 aliphatic rings. The molecule has 1 heterocycles. The highest BCUT2D eigenvalue weighted by Crippen LogP contribution is 2.31. The van der Waals surface area contributed by atoms with E-state index in [0.717, 1.165) is 0 Å². The van der Waals surface area contributed by atoms with E-state index < -0.39 is 11.9 Å². The third kappa shape index (κ3) is 2.84. The summed E-state index contributed by atoms with van der Waals surface area (Å²) >= 11 is 6.04. The predicted molar refractivity (Wildman–Crippen MR) is 71.4 cm³/mol. The second-order valence-electron chi connectivity index (χ2n) is 3.86. The van der Waals surface area contributed by atoms with Gasteiger partial charge in [-0.05, 0) is 29.8 Å². The Bertz CT molecular complexity index is 580. The van der Waals surface area contributed by atoms with Gasteiger partial charge in [-0.25, -0.2) is 9.82 Å². The van der Waals surface area contributed by atoms with Gasteiger partial charge in [0.2, 0.25) is 0 Å². The van der Waals surface area contributed by atoms with Crippen LogP contribution in [0, 0.1) is 5.82 Å². The van der Waals surface area contributed by atoms with E-state index in [2.05, 4.69) is 10.4 Å². The smallest absolute Gasteiger partial charge is 0.142 e. The van der Waals surface area contributed by atoms with Gasteiger partial charge in [0.05, 0.1) is 13.2 Å². The van der Waals surface area contributed by atoms with Gasteiger partial charge in [0.1, 0.15) is 17.3 Å². The van der Waals surface area contributed by atoms with Gasteiger partial charge in [0, 0.05) is 11.2 Å².